The number of thioether (sulfide) groups is 1. The molecule has 0 N–H and O–H groups in total. The van der Waals surface area contributed by atoms with Gasteiger partial charge >= 0.3 is 5.97 Å². The van der Waals surface area contributed by atoms with E-state index in [4.69, 9.17) is 4.84 Å². The first kappa shape index (κ1) is 13.7. The monoisotopic (exact) mass is 303 g/mol. The highest BCUT2D eigenvalue weighted by atomic mass is 32.2. The molecule has 0 amide bonds. The van der Waals surface area contributed by atoms with Crippen molar-refractivity contribution in [1.82, 2.24) is 9.97 Å². The van der Waals surface area contributed by atoms with E-state index in [1.807, 2.05) is 6.26 Å². The predicted molar refractivity (Wildman–Crippen MR) is 75.6 cm³/mol. The molecular formula is C14H10FN3O2S. The summed E-state index contributed by atoms with van der Waals surface area (Å²) >= 11 is 1.39. The second-order valence-corrected chi connectivity index (χ2v) is 5.07. The number of hydrogen-bond donors (Lipinski definition) is 0. The first-order valence-corrected chi connectivity index (χ1v) is 7.33. The zero-order valence-corrected chi connectivity index (χ0v) is 11.8. The fraction of sp³-hybridized carbons (Fsp3) is 0.143. The molecule has 7 heteroatoms. The molecule has 21 heavy (non-hydrogen) atoms. The van der Waals surface area contributed by atoms with E-state index in [9.17, 15) is 9.18 Å². The predicted octanol–water partition coefficient (Wildman–Crippen LogP) is 2.38. The first-order chi connectivity index (χ1) is 10.2. The number of nitrogens with zero attached hydrogens (tertiary/aromatic N) is 3. The third-order valence-corrected chi connectivity index (χ3v) is 3.59. The Morgan fingerprint density at radius 2 is 2.00 bits per heavy atom. The third kappa shape index (κ3) is 2.64. The van der Waals surface area contributed by atoms with Crippen LogP contribution >= 0.6 is 11.8 Å². The second-order valence-electron chi connectivity index (χ2n) is 4.30. The Morgan fingerprint density at radius 3 is 2.71 bits per heavy atom. The summed E-state index contributed by atoms with van der Waals surface area (Å²) in [5.74, 6) is -1.56. The molecule has 1 aliphatic heterocycles. The Labute approximate surface area is 124 Å². The summed E-state index contributed by atoms with van der Waals surface area (Å²) in [6.07, 6.45) is 3.45. The van der Waals surface area contributed by atoms with Crippen molar-refractivity contribution >= 4 is 23.4 Å². The van der Waals surface area contributed by atoms with Gasteiger partial charge in [-0.1, -0.05) is 29.1 Å². The van der Waals surface area contributed by atoms with E-state index in [0.29, 0.717) is 22.1 Å². The lowest BCUT2D eigenvalue weighted by Crippen LogP contribution is -2.18. The van der Waals surface area contributed by atoms with Gasteiger partial charge in [-0.2, -0.15) is 0 Å². The Hall–Kier alpha value is -2.28. The maximum absolute atomic E-state index is 13.0. The van der Waals surface area contributed by atoms with Gasteiger partial charge < -0.3 is 4.84 Å². The van der Waals surface area contributed by atoms with E-state index >= 15 is 0 Å². The van der Waals surface area contributed by atoms with Crippen molar-refractivity contribution in [3.63, 3.8) is 0 Å². The molecule has 0 spiro atoms. The van der Waals surface area contributed by atoms with Gasteiger partial charge in [0.2, 0.25) is 0 Å². The minimum atomic E-state index is -0.699. The van der Waals surface area contributed by atoms with Crippen LogP contribution in [0.5, 0.6) is 0 Å². The highest BCUT2D eigenvalue weighted by Crippen LogP contribution is 2.28. The van der Waals surface area contributed by atoms with Gasteiger partial charge in [-0.15, -0.1) is 0 Å². The van der Waals surface area contributed by atoms with Gasteiger partial charge in [-0.25, -0.2) is 19.2 Å². The van der Waals surface area contributed by atoms with Crippen molar-refractivity contribution in [1.29, 1.82) is 0 Å². The van der Waals surface area contributed by atoms with E-state index in [-0.39, 0.29) is 5.82 Å². The molecule has 106 valence electrons. The molecule has 1 aliphatic rings. The van der Waals surface area contributed by atoms with Crippen LogP contribution in [-0.2, 0) is 9.63 Å². The molecule has 1 aromatic carbocycles. The van der Waals surface area contributed by atoms with E-state index in [2.05, 4.69) is 15.1 Å². The topological polar surface area (TPSA) is 64.4 Å². The van der Waals surface area contributed by atoms with Gasteiger partial charge in [-0.3, -0.25) is 0 Å². The van der Waals surface area contributed by atoms with Crippen LogP contribution in [0.15, 0.2) is 46.8 Å². The van der Waals surface area contributed by atoms with Crippen molar-refractivity contribution in [2.75, 3.05) is 6.26 Å². The fourth-order valence-electron chi connectivity index (χ4n) is 2.04. The van der Waals surface area contributed by atoms with Crippen molar-refractivity contribution in [3.05, 3.63) is 53.6 Å². The fourth-order valence-corrected chi connectivity index (χ4v) is 2.39. The molecule has 1 unspecified atom stereocenters. The Kier molecular flexibility index (Phi) is 3.66. The highest BCUT2D eigenvalue weighted by molar-refractivity contribution is 7.98. The van der Waals surface area contributed by atoms with Crippen LogP contribution in [0.2, 0.25) is 0 Å². The van der Waals surface area contributed by atoms with Gasteiger partial charge in [0.25, 0.3) is 0 Å². The minimum Gasteiger partial charge on any atom is -0.317 e. The standard InChI is InChI=1S/C14H10FN3O2S/c1-21-14-16-7-6-10(17-14)12-11(13(19)20-18-12)8-2-4-9(15)5-3-8/h2-7,11H,1H3. The van der Waals surface area contributed by atoms with Crippen molar-refractivity contribution in [3.8, 4) is 0 Å². The number of hydrogen-bond acceptors (Lipinski definition) is 6. The smallest absolute Gasteiger partial charge is 0.317 e. The lowest BCUT2D eigenvalue weighted by atomic mass is 9.93. The first-order valence-electron chi connectivity index (χ1n) is 6.10. The largest absolute Gasteiger partial charge is 0.348 e. The van der Waals surface area contributed by atoms with E-state index in [0.717, 1.165) is 0 Å². The van der Waals surface area contributed by atoms with E-state index < -0.39 is 11.9 Å². The van der Waals surface area contributed by atoms with Gasteiger partial charge in [0.15, 0.2) is 5.16 Å². The number of rotatable bonds is 3. The average Bonchev–Trinajstić information content (AvgIpc) is 2.90. The normalized spacial score (nSPS) is 17.5. The third-order valence-electron chi connectivity index (χ3n) is 3.02. The van der Waals surface area contributed by atoms with Gasteiger partial charge in [0.05, 0.1) is 5.69 Å². The van der Waals surface area contributed by atoms with Gasteiger partial charge in [-0.05, 0) is 30.0 Å². The lowest BCUT2D eigenvalue weighted by molar-refractivity contribution is -0.141. The SMILES string of the molecule is CSc1nccc(C2=NOC(=O)C2c2ccc(F)cc2)n1. The molecule has 5 nitrogen and oxygen atoms in total. The van der Waals surface area contributed by atoms with Crippen LogP contribution in [0.3, 0.4) is 0 Å². The van der Waals surface area contributed by atoms with Crippen LogP contribution in [0.25, 0.3) is 0 Å². The van der Waals surface area contributed by atoms with Crippen LogP contribution in [0.1, 0.15) is 17.2 Å². The number of benzene rings is 1. The molecule has 3 rings (SSSR count). The van der Waals surface area contributed by atoms with Gasteiger partial charge in [0.1, 0.15) is 17.4 Å². The highest BCUT2D eigenvalue weighted by Gasteiger charge is 2.36. The molecule has 0 saturated heterocycles. The maximum atomic E-state index is 13.0. The molecule has 0 fully saturated rings. The number of halogens is 1. The minimum absolute atomic E-state index is 0.365. The molecule has 2 heterocycles. The summed E-state index contributed by atoms with van der Waals surface area (Å²) in [5.41, 5.74) is 1.54. The molecule has 2 aromatic rings. The maximum Gasteiger partial charge on any atom is 0.348 e. The van der Waals surface area contributed by atoms with Crippen LogP contribution in [0, 0.1) is 5.82 Å². The van der Waals surface area contributed by atoms with Gasteiger partial charge in [0, 0.05) is 6.20 Å². The second kappa shape index (κ2) is 5.61. The number of oxime groups is 1. The van der Waals surface area contributed by atoms with Crippen LogP contribution < -0.4 is 0 Å². The zero-order valence-electron chi connectivity index (χ0n) is 11.0. The lowest BCUT2D eigenvalue weighted by Gasteiger charge is -2.09. The summed E-state index contributed by atoms with van der Waals surface area (Å²) in [6.45, 7) is 0. The molecular weight excluding hydrogens is 293 g/mol. The summed E-state index contributed by atoms with van der Waals surface area (Å²) in [6, 6.07) is 7.34. The molecule has 1 aromatic heterocycles. The van der Waals surface area contributed by atoms with E-state index in [1.54, 1.807) is 24.4 Å². The van der Waals surface area contributed by atoms with Crippen LogP contribution in [-0.4, -0.2) is 27.9 Å². The number of aromatic nitrogens is 2. The average molecular weight is 303 g/mol. The van der Waals surface area contributed by atoms with Crippen molar-refractivity contribution < 1.29 is 14.0 Å². The van der Waals surface area contributed by atoms with Crippen molar-refractivity contribution in [2.24, 2.45) is 5.16 Å². The van der Waals surface area contributed by atoms with Crippen LogP contribution in [0.4, 0.5) is 4.39 Å². The summed E-state index contributed by atoms with van der Waals surface area (Å²) in [4.78, 5) is 25.1. The summed E-state index contributed by atoms with van der Waals surface area (Å²) < 4.78 is 13.0. The molecule has 1 atom stereocenters. The Morgan fingerprint density at radius 1 is 1.24 bits per heavy atom. The number of carbonyl (C=O) groups is 1. The zero-order chi connectivity index (χ0) is 14.8. The molecule has 0 aliphatic carbocycles. The van der Waals surface area contributed by atoms with Crippen molar-refractivity contribution in [2.45, 2.75) is 11.1 Å². The number of carbonyl (C=O) groups excluding carboxylic acids is 1. The quantitative estimate of drug-likeness (QED) is 0.495. The summed E-state index contributed by atoms with van der Waals surface area (Å²) in [7, 11) is 0. The summed E-state index contributed by atoms with van der Waals surface area (Å²) in [5, 5.41) is 4.39. The van der Waals surface area contributed by atoms with E-state index in [1.165, 1.54) is 23.9 Å². The molecule has 0 radical (unpaired) electrons. The Bertz CT molecular complexity index is 718. The molecule has 0 bridgehead atoms. The Balaban J connectivity index is 2.00. The molecule has 0 saturated carbocycles.